The Morgan fingerprint density at radius 2 is 1.61 bits per heavy atom. The lowest BCUT2D eigenvalue weighted by Gasteiger charge is -2.46. The molecule has 0 spiro atoms. The molecule has 1 saturated heterocycles. The number of esters is 1. The van der Waals surface area contributed by atoms with E-state index in [9.17, 15) is 14.7 Å². The summed E-state index contributed by atoms with van der Waals surface area (Å²) in [7, 11) is 5.87. The number of phenols is 1. The molecule has 1 aliphatic heterocycles. The fourth-order valence-electron chi connectivity index (χ4n) is 3.69. The van der Waals surface area contributed by atoms with Gasteiger partial charge in [-0.2, -0.15) is 0 Å². The third kappa shape index (κ3) is 4.61. The van der Waals surface area contributed by atoms with E-state index in [-0.39, 0.29) is 30.6 Å². The zero-order chi connectivity index (χ0) is 24.1. The molecule has 10 nitrogen and oxygen atoms in total. The third-order valence-corrected chi connectivity index (χ3v) is 5.20. The van der Waals surface area contributed by atoms with Gasteiger partial charge in [0.15, 0.2) is 29.1 Å². The van der Waals surface area contributed by atoms with Gasteiger partial charge in [0.25, 0.3) is 5.91 Å². The van der Waals surface area contributed by atoms with E-state index in [1.54, 1.807) is 31.2 Å². The molecular weight excluding hydrogens is 434 g/mol. The van der Waals surface area contributed by atoms with Crippen LogP contribution in [0.1, 0.15) is 18.5 Å². The van der Waals surface area contributed by atoms with Gasteiger partial charge in [0, 0.05) is 12.1 Å². The second-order valence-electron chi connectivity index (χ2n) is 7.00. The molecule has 0 aromatic heterocycles. The van der Waals surface area contributed by atoms with E-state index in [1.165, 1.54) is 39.4 Å². The summed E-state index contributed by atoms with van der Waals surface area (Å²) in [6, 6.07) is 7.41. The number of methoxy groups -OCH3 is 4. The zero-order valence-electron chi connectivity index (χ0n) is 19.1. The second-order valence-corrected chi connectivity index (χ2v) is 7.00. The number of anilines is 1. The number of β-lactam (4-membered cyclic amide) rings is 1. The van der Waals surface area contributed by atoms with Crippen molar-refractivity contribution in [3.05, 3.63) is 35.9 Å². The first kappa shape index (κ1) is 24.0. The third-order valence-electron chi connectivity index (χ3n) is 5.20. The number of hydrogen-bond acceptors (Lipinski definition) is 9. The molecule has 1 fully saturated rings. The summed E-state index contributed by atoms with van der Waals surface area (Å²) >= 11 is 0. The first-order valence-electron chi connectivity index (χ1n) is 10.2. The lowest BCUT2D eigenvalue weighted by molar-refractivity contribution is -0.157. The maximum Gasteiger partial charge on any atom is 0.332 e. The number of rotatable bonds is 10. The van der Waals surface area contributed by atoms with Crippen molar-refractivity contribution in [2.75, 3.05) is 46.6 Å². The van der Waals surface area contributed by atoms with Crippen molar-refractivity contribution >= 4 is 17.6 Å². The number of nitrogens with zero attached hydrogens (tertiary/aromatic N) is 1. The number of benzene rings is 2. The molecule has 178 valence electrons. The molecule has 0 bridgehead atoms. The van der Waals surface area contributed by atoms with Crippen LogP contribution in [0.15, 0.2) is 30.3 Å². The Morgan fingerprint density at radius 1 is 0.970 bits per heavy atom. The molecule has 1 N–H and O–H groups in total. The van der Waals surface area contributed by atoms with Gasteiger partial charge in [-0.3, -0.25) is 9.69 Å². The van der Waals surface area contributed by atoms with Crippen LogP contribution in [0.4, 0.5) is 5.69 Å². The summed E-state index contributed by atoms with van der Waals surface area (Å²) in [5.74, 6) is 0.349. The lowest BCUT2D eigenvalue weighted by Crippen LogP contribution is -2.60. The van der Waals surface area contributed by atoms with E-state index in [0.29, 0.717) is 28.5 Å². The Balaban J connectivity index is 2.02. The molecule has 2 aromatic carbocycles. The normalized spacial score (nSPS) is 17.2. The van der Waals surface area contributed by atoms with Crippen LogP contribution < -0.4 is 23.8 Å². The van der Waals surface area contributed by atoms with Crippen LogP contribution in [0, 0.1) is 0 Å². The minimum Gasteiger partial charge on any atom is -0.504 e. The monoisotopic (exact) mass is 461 g/mol. The predicted molar refractivity (Wildman–Crippen MR) is 117 cm³/mol. The highest BCUT2D eigenvalue weighted by atomic mass is 16.6. The summed E-state index contributed by atoms with van der Waals surface area (Å²) < 4.78 is 31.8. The van der Waals surface area contributed by atoms with E-state index < -0.39 is 18.1 Å². The Labute approximate surface area is 191 Å². The fourth-order valence-corrected chi connectivity index (χ4v) is 3.69. The van der Waals surface area contributed by atoms with Crippen molar-refractivity contribution in [1.82, 2.24) is 0 Å². The summed E-state index contributed by atoms with van der Waals surface area (Å²) in [5.41, 5.74) is 1.04. The highest BCUT2D eigenvalue weighted by Gasteiger charge is 2.51. The molecular formula is C23H27NO9. The van der Waals surface area contributed by atoms with Crippen molar-refractivity contribution in [2.45, 2.75) is 19.1 Å². The number of carbonyl (C=O) groups excluding carboxylic acids is 2. The molecule has 2 aromatic rings. The summed E-state index contributed by atoms with van der Waals surface area (Å²) in [6.45, 7) is 1.50. The average Bonchev–Trinajstić information content (AvgIpc) is 2.81. The molecule has 0 aliphatic carbocycles. The standard InChI is InChI=1S/C23H27NO9/c1-6-32-19(26)12-33-22-20(13-7-8-16(28-2)15(25)9-13)24(23(22)27)14-10-17(29-3)21(31-5)18(11-14)30-4/h7-11,20,22,25H,6,12H2,1-5H3/t20-,22+/m0/s1. The lowest BCUT2D eigenvalue weighted by atomic mass is 9.89. The number of hydrogen-bond donors (Lipinski definition) is 1. The maximum atomic E-state index is 13.1. The Bertz CT molecular complexity index is 998. The van der Waals surface area contributed by atoms with Crippen molar-refractivity contribution in [3.63, 3.8) is 0 Å². The molecule has 0 unspecified atom stereocenters. The van der Waals surface area contributed by atoms with Crippen LogP contribution in [-0.4, -0.2) is 64.7 Å². The van der Waals surface area contributed by atoms with Crippen LogP contribution in [-0.2, 0) is 19.1 Å². The average molecular weight is 461 g/mol. The Morgan fingerprint density at radius 3 is 2.12 bits per heavy atom. The zero-order valence-corrected chi connectivity index (χ0v) is 19.1. The molecule has 1 aliphatic rings. The van der Waals surface area contributed by atoms with Crippen LogP contribution in [0.3, 0.4) is 0 Å². The van der Waals surface area contributed by atoms with Gasteiger partial charge in [-0.1, -0.05) is 6.07 Å². The molecule has 1 amide bonds. The van der Waals surface area contributed by atoms with Gasteiger partial charge in [-0.05, 0) is 24.6 Å². The highest BCUT2D eigenvalue weighted by Crippen LogP contribution is 2.47. The van der Waals surface area contributed by atoms with Gasteiger partial charge in [0.05, 0.1) is 46.8 Å². The molecule has 2 atom stereocenters. The summed E-state index contributed by atoms with van der Waals surface area (Å²) in [6.07, 6.45) is -0.971. The second kappa shape index (κ2) is 10.3. The van der Waals surface area contributed by atoms with Crippen molar-refractivity contribution < 1.29 is 43.1 Å². The van der Waals surface area contributed by atoms with E-state index in [4.69, 9.17) is 28.4 Å². The number of aromatic hydroxyl groups is 1. The number of phenolic OH excluding ortho intramolecular Hbond substituents is 1. The first-order chi connectivity index (χ1) is 15.9. The molecule has 10 heteroatoms. The van der Waals surface area contributed by atoms with Gasteiger partial charge in [0.1, 0.15) is 6.61 Å². The molecule has 0 saturated carbocycles. The van der Waals surface area contributed by atoms with Gasteiger partial charge in [0.2, 0.25) is 5.75 Å². The van der Waals surface area contributed by atoms with Gasteiger partial charge >= 0.3 is 5.97 Å². The van der Waals surface area contributed by atoms with Gasteiger partial charge in [-0.15, -0.1) is 0 Å². The minimum atomic E-state index is -0.971. The van der Waals surface area contributed by atoms with Crippen LogP contribution >= 0.6 is 0 Å². The minimum absolute atomic E-state index is 0.0941. The SMILES string of the molecule is CCOC(=O)CO[C@H]1C(=O)N(c2cc(OC)c(OC)c(OC)c2)[C@H]1c1ccc(OC)c(O)c1. The van der Waals surface area contributed by atoms with Gasteiger partial charge < -0.3 is 33.5 Å². The van der Waals surface area contributed by atoms with E-state index in [1.807, 2.05) is 0 Å². The van der Waals surface area contributed by atoms with E-state index in [0.717, 1.165) is 0 Å². The number of amides is 1. The Hall–Kier alpha value is -3.66. The number of ether oxygens (including phenoxy) is 6. The fraction of sp³-hybridized carbons (Fsp3) is 0.391. The van der Waals surface area contributed by atoms with Crippen molar-refractivity contribution in [1.29, 1.82) is 0 Å². The predicted octanol–water partition coefficient (Wildman–Crippen LogP) is 2.46. The van der Waals surface area contributed by atoms with Gasteiger partial charge in [-0.25, -0.2) is 4.79 Å². The molecule has 3 rings (SSSR count). The van der Waals surface area contributed by atoms with E-state index in [2.05, 4.69) is 0 Å². The van der Waals surface area contributed by atoms with Crippen molar-refractivity contribution in [2.24, 2.45) is 0 Å². The molecule has 33 heavy (non-hydrogen) atoms. The summed E-state index contributed by atoms with van der Waals surface area (Å²) in [4.78, 5) is 26.4. The number of carbonyl (C=O) groups is 2. The quantitative estimate of drug-likeness (QED) is 0.421. The topological polar surface area (TPSA) is 113 Å². The molecule has 1 heterocycles. The van der Waals surface area contributed by atoms with Crippen molar-refractivity contribution in [3.8, 4) is 28.7 Å². The van der Waals surface area contributed by atoms with Crippen LogP contribution in [0.2, 0.25) is 0 Å². The molecule has 0 radical (unpaired) electrons. The summed E-state index contributed by atoms with van der Waals surface area (Å²) in [5, 5.41) is 10.3. The smallest absolute Gasteiger partial charge is 0.332 e. The highest BCUT2D eigenvalue weighted by molar-refractivity contribution is 6.05. The van der Waals surface area contributed by atoms with Crippen LogP contribution in [0.25, 0.3) is 0 Å². The first-order valence-corrected chi connectivity index (χ1v) is 10.2. The van der Waals surface area contributed by atoms with E-state index >= 15 is 0 Å². The largest absolute Gasteiger partial charge is 0.504 e. The van der Waals surface area contributed by atoms with Crippen LogP contribution in [0.5, 0.6) is 28.7 Å². The Kier molecular flexibility index (Phi) is 7.49. The maximum absolute atomic E-state index is 13.1.